The number of esters is 1. The van der Waals surface area contributed by atoms with E-state index in [1.54, 1.807) is 0 Å². The summed E-state index contributed by atoms with van der Waals surface area (Å²) in [5.74, 6) is 2.97. The lowest BCUT2D eigenvalue weighted by Gasteiger charge is -2.54. The molecule has 3 nitrogen and oxygen atoms in total. The van der Waals surface area contributed by atoms with Crippen LogP contribution in [0.25, 0.3) is 0 Å². The van der Waals surface area contributed by atoms with Crippen LogP contribution in [0.1, 0.15) is 52.4 Å². The fourth-order valence-corrected chi connectivity index (χ4v) is 5.91. The molecule has 1 atom stereocenters. The van der Waals surface area contributed by atoms with Gasteiger partial charge in [-0.1, -0.05) is 6.92 Å². The average Bonchev–Trinajstić information content (AvgIpc) is 3.07. The fraction of sp³-hybridized carbons (Fsp3) is 0.938. The van der Waals surface area contributed by atoms with Gasteiger partial charge in [0, 0.05) is 0 Å². The highest BCUT2D eigenvalue weighted by Crippen LogP contribution is 2.71. The summed E-state index contributed by atoms with van der Waals surface area (Å²) in [7, 11) is 0. The van der Waals surface area contributed by atoms with E-state index in [4.69, 9.17) is 9.47 Å². The maximum atomic E-state index is 12.4. The first-order valence-corrected chi connectivity index (χ1v) is 8.03. The second-order valence-corrected chi connectivity index (χ2v) is 7.10. The van der Waals surface area contributed by atoms with Gasteiger partial charge in [-0.05, 0) is 69.1 Å². The highest BCUT2D eigenvalue weighted by atomic mass is 16.7. The number of hydrogen-bond acceptors (Lipinski definition) is 3. The Kier molecular flexibility index (Phi) is 2.41. The number of rotatable bonds is 3. The SMILES string of the molecule is CCOC(=O)C1(CC)OC12C1CC3CC(C1)CC2C3. The summed E-state index contributed by atoms with van der Waals surface area (Å²) in [6.45, 7) is 4.42. The molecule has 5 fully saturated rings. The Bertz CT molecular complexity index is 388. The lowest BCUT2D eigenvalue weighted by atomic mass is 9.49. The van der Waals surface area contributed by atoms with Gasteiger partial charge in [0.15, 0.2) is 5.60 Å². The van der Waals surface area contributed by atoms with Gasteiger partial charge in [-0.2, -0.15) is 0 Å². The van der Waals surface area contributed by atoms with Crippen molar-refractivity contribution in [2.24, 2.45) is 23.7 Å². The molecule has 0 aromatic rings. The topological polar surface area (TPSA) is 38.8 Å². The zero-order chi connectivity index (χ0) is 13.3. The quantitative estimate of drug-likeness (QED) is 0.581. The van der Waals surface area contributed by atoms with E-state index in [-0.39, 0.29) is 11.6 Å². The molecule has 0 radical (unpaired) electrons. The summed E-state index contributed by atoms with van der Waals surface area (Å²) in [6, 6.07) is 0. The molecule has 1 spiro atoms. The second-order valence-electron chi connectivity index (χ2n) is 7.10. The van der Waals surface area contributed by atoms with E-state index in [2.05, 4.69) is 6.92 Å². The van der Waals surface area contributed by atoms with Crippen molar-refractivity contribution in [1.29, 1.82) is 0 Å². The van der Waals surface area contributed by atoms with Gasteiger partial charge in [0.25, 0.3) is 0 Å². The van der Waals surface area contributed by atoms with E-state index < -0.39 is 5.60 Å². The van der Waals surface area contributed by atoms with Gasteiger partial charge in [-0.15, -0.1) is 0 Å². The van der Waals surface area contributed by atoms with E-state index in [1.165, 1.54) is 32.1 Å². The molecule has 3 heteroatoms. The van der Waals surface area contributed by atoms with Gasteiger partial charge >= 0.3 is 5.97 Å². The van der Waals surface area contributed by atoms with Crippen molar-refractivity contribution in [3.05, 3.63) is 0 Å². The zero-order valence-electron chi connectivity index (χ0n) is 12.0. The molecule has 0 N–H and O–H groups in total. The monoisotopic (exact) mass is 264 g/mol. The molecule has 4 bridgehead atoms. The van der Waals surface area contributed by atoms with Crippen molar-refractivity contribution in [3.8, 4) is 0 Å². The Morgan fingerprint density at radius 1 is 1.11 bits per heavy atom. The first kappa shape index (κ1) is 12.2. The first-order valence-electron chi connectivity index (χ1n) is 8.03. The molecule has 1 unspecified atom stereocenters. The summed E-state index contributed by atoms with van der Waals surface area (Å²) in [5, 5.41) is 0. The summed E-state index contributed by atoms with van der Waals surface area (Å²) < 4.78 is 11.6. The third-order valence-corrected chi connectivity index (χ3v) is 6.39. The predicted molar refractivity (Wildman–Crippen MR) is 70.5 cm³/mol. The van der Waals surface area contributed by atoms with Crippen molar-refractivity contribution < 1.29 is 14.3 Å². The van der Waals surface area contributed by atoms with Crippen LogP contribution in [0.4, 0.5) is 0 Å². The Morgan fingerprint density at radius 2 is 1.68 bits per heavy atom. The lowest BCUT2D eigenvalue weighted by Crippen LogP contribution is -2.55. The minimum absolute atomic E-state index is 0.0926. The lowest BCUT2D eigenvalue weighted by molar-refractivity contribution is -0.150. The van der Waals surface area contributed by atoms with Gasteiger partial charge in [-0.3, -0.25) is 0 Å². The number of carbonyl (C=O) groups excluding carboxylic acids is 1. The molecule has 1 aliphatic heterocycles. The minimum atomic E-state index is -0.592. The van der Waals surface area contributed by atoms with Crippen LogP contribution in [-0.2, 0) is 14.3 Å². The number of carbonyl (C=O) groups is 1. The Balaban J connectivity index is 1.67. The molecule has 1 heterocycles. The molecule has 5 aliphatic rings. The Labute approximate surface area is 115 Å². The van der Waals surface area contributed by atoms with Crippen molar-refractivity contribution in [1.82, 2.24) is 0 Å². The molecule has 0 aromatic carbocycles. The van der Waals surface area contributed by atoms with Gasteiger partial charge in [0.05, 0.1) is 6.61 Å². The normalized spacial score (nSPS) is 53.6. The van der Waals surface area contributed by atoms with Gasteiger partial charge in [-0.25, -0.2) is 4.79 Å². The number of ether oxygens (including phenoxy) is 2. The van der Waals surface area contributed by atoms with Crippen LogP contribution in [0.5, 0.6) is 0 Å². The summed E-state index contributed by atoms with van der Waals surface area (Å²) in [5.41, 5.74) is -0.729. The Hall–Kier alpha value is -0.570. The van der Waals surface area contributed by atoms with Crippen LogP contribution >= 0.6 is 0 Å². The van der Waals surface area contributed by atoms with Crippen LogP contribution in [0.15, 0.2) is 0 Å². The maximum absolute atomic E-state index is 12.4. The van der Waals surface area contributed by atoms with Crippen LogP contribution in [-0.4, -0.2) is 23.8 Å². The van der Waals surface area contributed by atoms with Gasteiger partial charge < -0.3 is 9.47 Å². The van der Waals surface area contributed by atoms with Crippen molar-refractivity contribution >= 4 is 5.97 Å². The summed E-state index contributed by atoms with van der Waals surface area (Å²) >= 11 is 0. The largest absolute Gasteiger partial charge is 0.464 e. The first-order chi connectivity index (χ1) is 9.16. The molecule has 5 rings (SSSR count). The molecule has 4 aliphatic carbocycles. The second kappa shape index (κ2) is 3.75. The van der Waals surface area contributed by atoms with Crippen molar-refractivity contribution in [2.75, 3.05) is 6.61 Å². The highest BCUT2D eigenvalue weighted by molar-refractivity contribution is 5.85. The predicted octanol–water partition coefficient (Wildman–Crippen LogP) is 2.92. The van der Waals surface area contributed by atoms with Crippen LogP contribution in [0, 0.1) is 23.7 Å². The minimum Gasteiger partial charge on any atom is -0.464 e. The van der Waals surface area contributed by atoms with Crippen LogP contribution in [0.2, 0.25) is 0 Å². The fourth-order valence-electron chi connectivity index (χ4n) is 5.91. The van der Waals surface area contributed by atoms with E-state index in [1.807, 2.05) is 6.92 Å². The molecule has 19 heavy (non-hydrogen) atoms. The van der Waals surface area contributed by atoms with Crippen molar-refractivity contribution in [2.45, 2.75) is 63.6 Å². The molecule has 0 aromatic heterocycles. The zero-order valence-corrected chi connectivity index (χ0v) is 12.0. The molecule has 106 valence electrons. The molecular formula is C16H24O3. The molecule has 4 saturated carbocycles. The molecular weight excluding hydrogens is 240 g/mol. The third-order valence-electron chi connectivity index (χ3n) is 6.39. The van der Waals surface area contributed by atoms with Crippen molar-refractivity contribution in [3.63, 3.8) is 0 Å². The third kappa shape index (κ3) is 1.30. The Morgan fingerprint density at radius 3 is 2.16 bits per heavy atom. The summed E-state index contributed by atoms with van der Waals surface area (Å²) in [4.78, 5) is 12.4. The van der Waals surface area contributed by atoms with Gasteiger partial charge in [0.2, 0.25) is 0 Å². The maximum Gasteiger partial charge on any atom is 0.341 e. The number of hydrogen-bond donors (Lipinski definition) is 0. The number of epoxide rings is 1. The summed E-state index contributed by atoms with van der Waals surface area (Å²) in [6.07, 6.45) is 7.35. The van der Waals surface area contributed by atoms with Crippen LogP contribution < -0.4 is 0 Å². The average molecular weight is 264 g/mol. The molecule has 1 saturated heterocycles. The van der Waals surface area contributed by atoms with E-state index in [0.717, 1.165) is 18.3 Å². The van der Waals surface area contributed by atoms with Crippen LogP contribution in [0.3, 0.4) is 0 Å². The van der Waals surface area contributed by atoms with E-state index in [9.17, 15) is 4.79 Å². The molecule has 0 amide bonds. The van der Waals surface area contributed by atoms with E-state index >= 15 is 0 Å². The van der Waals surface area contributed by atoms with E-state index in [0.29, 0.717) is 18.4 Å². The standard InChI is InChI=1S/C16H24O3/c1-3-15(14(17)18-4-2)16(19-15)12-6-10-5-11(8-12)9-13(16)7-10/h10-13H,3-9H2,1-2H3. The highest BCUT2D eigenvalue weighted by Gasteiger charge is 2.82. The van der Waals surface area contributed by atoms with Gasteiger partial charge in [0.1, 0.15) is 5.60 Å². The smallest absolute Gasteiger partial charge is 0.341 e.